The first kappa shape index (κ1) is 13.4. The van der Waals surface area contributed by atoms with Crippen LogP contribution in [0.5, 0.6) is 0 Å². The van der Waals surface area contributed by atoms with Crippen molar-refractivity contribution < 1.29 is 0 Å². The maximum absolute atomic E-state index is 6.26. The van der Waals surface area contributed by atoms with Gasteiger partial charge in [-0.25, -0.2) is 4.98 Å². The van der Waals surface area contributed by atoms with E-state index in [2.05, 4.69) is 18.4 Å². The van der Waals surface area contributed by atoms with Crippen LogP contribution in [-0.2, 0) is 13.0 Å². The Kier molecular flexibility index (Phi) is 4.67. The van der Waals surface area contributed by atoms with E-state index in [1.54, 1.807) is 0 Å². The van der Waals surface area contributed by atoms with Crippen molar-refractivity contribution in [1.82, 2.24) is 9.55 Å². The highest BCUT2D eigenvalue weighted by Gasteiger charge is 2.18. The number of aromatic nitrogens is 2. The van der Waals surface area contributed by atoms with Gasteiger partial charge in [-0.1, -0.05) is 45.4 Å². The molecule has 0 atom stereocenters. The third kappa shape index (κ3) is 3.06. The maximum atomic E-state index is 6.26. The average molecular weight is 249 g/mol. The van der Waals surface area contributed by atoms with E-state index in [0.29, 0.717) is 0 Å². The molecule has 102 valence electrons. The molecule has 1 heterocycles. The van der Waals surface area contributed by atoms with Crippen molar-refractivity contribution in [3.8, 4) is 0 Å². The van der Waals surface area contributed by atoms with E-state index in [1.807, 2.05) is 0 Å². The van der Waals surface area contributed by atoms with Crippen LogP contribution < -0.4 is 5.73 Å². The SMILES string of the molecule is CCCCn1c(C)nc(CC2CCCCC2)c1N. The Hall–Kier alpha value is -0.990. The Morgan fingerprint density at radius 2 is 2.00 bits per heavy atom. The van der Waals surface area contributed by atoms with E-state index < -0.39 is 0 Å². The molecule has 1 aromatic rings. The Bertz CT molecular complexity index is 375. The van der Waals surface area contributed by atoms with Crippen molar-refractivity contribution in [3.05, 3.63) is 11.5 Å². The zero-order valence-corrected chi connectivity index (χ0v) is 11.9. The minimum Gasteiger partial charge on any atom is -0.384 e. The van der Waals surface area contributed by atoms with Gasteiger partial charge in [0.1, 0.15) is 11.6 Å². The minimum atomic E-state index is 0.815. The molecule has 2 rings (SSSR count). The van der Waals surface area contributed by atoms with Crippen LogP contribution in [-0.4, -0.2) is 9.55 Å². The number of nitrogens with two attached hydrogens (primary N) is 1. The first-order chi connectivity index (χ1) is 8.72. The molecule has 1 aliphatic rings. The molecular formula is C15H27N3. The summed E-state index contributed by atoms with van der Waals surface area (Å²) < 4.78 is 2.20. The fourth-order valence-corrected chi connectivity index (χ4v) is 3.06. The summed E-state index contributed by atoms with van der Waals surface area (Å²) in [5.74, 6) is 2.83. The molecule has 0 aromatic carbocycles. The molecule has 2 N–H and O–H groups in total. The van der Waals surface area contributed by atoms with E-state index in [-0.39, 0.29) is 0 Å². The molecule has 0 spiro atoms. The van der Waals surface area contributed by atoms with Gasteiger partial charge in [0.25, 0.3) is 0 Å². The van der Waals surface area contributed by atoms with Crippen LogP contribution in [0.25, 0.3) is 0 Å². The van der Waals surface area contributed by atoms with Crippen LogP contribution in [0, 0.1) is 12.8 Å². The average Bonchev–Trinajstić information content (AvgIpc) is 2.64. The summed E-state index contributed by atoms with van der Waals surface area (Å²) in [7, 11) is 0. The molecule has 1 saturated carbocycles. The highest BCUT2D eigenvalue weighted by Crippen LogP contribution is 2.28. The predicted octanol–water partition coefficient (Wildman–Crippen LogP) is 3.70. The summed E-state index contributed by atoms with van der Waals surface area (Å²) in [6.07, 6.45) is 10.4. The lowest BCUT2D eigenvalue weighted by Gasteiger charge is -2.20. The Balaban J connectivity index is 2.03. The number of nitrogen functional groups attached to an aromatic ring is 1. The molecule has 0 amide bonds. The smallest absolute Gasteiger partial charge is 0.126 e. The molecule has 18 heavy (non-hydrogen) atoms. The second kappa shape index (κ2) is 6.26. The minimum absolute atomic E-state index is 0.815. The summed E-state index contributed by atoms with van der Waals surface area (Å²) in [5, 5.41) is 0. The standard InChI is InChI=1S/C15H27N3/c1-3-4-10-18-12(2)17-14(15(18)16)11-13-8-6-5-7-9-13/h13H,3-11,16H2,1-2H3. The second-order valence-corrected chi connectivity index (χ2v) is 5.70. The summed E-state index contributed by atoms with van der Waals surface area (Å²) in [6.45, 7) is 5.31. The van der Waals surface area contributed by atoms with E-state index in [1.165, 1.54) is 44.9 Å². The van der Waals surface area contributed by atoms with Gasteiger partial charge in [-0.3, -0.25) is 0 Å². The second-order valence-electron chi connectivity index (χ2n) is 5.70. The fourth-order valence-electron chi connectivity index (χ4n) is 3.06. The van der Waals surface area contributed by atoms with E-state index >= 15 is 0 Å². The first-order valence-electron chi connectivity index (χ1n) is 7.53. The number of hydrogen-bond acceptors (Lipinski definition) is 2. The van der Waals surface area contributed by atoms with E-state index in [4.69, 9.17) is 10.7 Å². The number of unbranched alkanes of at least 4 members (excludes halogenated alkanes) is 1. The summed E-state index contributed by atoms with van der Waals surface area (Å²) >= 11 is 0. The molecule has 1 aliphatic carbocycles. The predicted molar refractivity (Wildman–Crippen MR) is 76.6 cm³/mol. The van der Waals surface area contributed by atoms with Gasteiger partial charge in [-0.2, -0.15) is 0 Å². The van der Waals surface area contributed by atoms with Crippen molar-refractivity contribution in [3.63, 3.8) is 0 Å². The Labute approximate surface area is 111 Å². The van der Waals surface area contributed by atoms with Crippen LogP contribution >= 0.6 is 0 Å². The van der Waals surface area contributed by atoms with Crippen LogP contribution in [0.4, 0.5) is 5.82 Å². The van der Waals surface area contributed by atoms with Crippen molar-refractivity contribution >= 4 is 5.82 Å². The highest BCUT2D eigenvalue weighted by molar-refractivity contribution is 5.38. The molecule has 1 aromatic heterocycles. The van der Waals surface area contributed by atoms with Gasteiger partial charge in [-0.05, 0) is 25.7 Å². The third-order valence-electron chi connectivity index (χ3n) is 4.22. The number of nitrogens with zero attached hydrogens (tertiary/aromatic N) is 2. The molecule has 0 bridgehead atoms. The van der Waals surface area contributed by atoms with E-state index in [0.717, 1.165) is 36.2 Å². The summed E-state index contributed by atoms with van der Waals surface area (Å²) in [5.41, 5.74) is 7.41. The molecule has 0 radical (unpaired) electrons. The Morgan fingerprint density at radius 3 is 2.67 bits per heavy atom. The van der Waals surface area contributed by atoms with Gasteiger partial charge in [0, 0.05) is 6.54 Å². The lowest BCUT2D eigenvalue weighted by atomic mass is 9.86. The summed E-state index contributed by atoms with van der Waals surface area (Å²) in [6, 6.07) is 0. The van der Waals surface area contributed by atoms with Gasteiger partial charge in [0.15, 0.2) is 0 Å². The number of rotatable bonds is 5. The molecule has 3 nitrogen and oxygen atoms in total. The van der Waals surface area contributed by atoms with Crippen molar-refractivity contribution in [2.75, 3.05) is 5.73 Å². The molecule has 1 fully saturated rings. The summed E-state index contributed by atoms with van der Waals surface area (Å²) in [4.78, 5) is 4.70. The van der Waals surface area contributed by atoms with Crippen molar-refractivity contribution in [1.29, 1.82) is 0 Å². The van der Waals surface area contributed by atoms with Crippen molar-refractivity contribution in [2.45, 2.75) is 71.8 Å². The Morgan fingerprint density at radius 1 is 1.28 bits per heavy atom. The number of anilines is 1. The van der Waals surface area contributed by atoms with Crippen LogP contribution in [0.3, 0.4) is 0 Å². The fraction of sp³-hybridized carbons (Fsp3) is 0.800. The normalized spacial score (nSPS) is 17.2. The number of imidazole rings is 1. The largest absolute Gasteiger partial charge is 0.384 e. The van der Waals surface area contributed by atoms with Gasteiger partial charge in [-0.15, -0.1) is 0 Å². The van der Waals surface area contributed by atoms with E-state index in [9.17, 15) is 0 Å². The molecule has 0 saturated heterocycles. The molecule has 0 unspecified atom stereocenters. The monoisotopic (exact) mass is 249 g/mol. The van der Waals surface area contributed by atoms with Crippen LogP contribution in [0.1, 0.15) is 63.4 Å². The third-order valence-corrected chi connectivity index (χ3v) is 4.22. The zero-order valence-electron chi connectivity index (χ0n) is 11.9. The van der Waals surface area contributed by atoms with Crippen LogP contribution in [0.15, 0.2) is 0 Å². The van der Waals surface area contributed by atoms with Gasteiger partial charge >= 0.3 is 0 Å². The molecule has 3 heteroatoms. The molecular weight excluding hydrogens is 222 g/mol. The van der Waals surface area contributed by atoms with Crippen molar-refractivity contribution in [2.24, 2.45) is 5.92 Å². The van der Waals surface area contributed by atoms with Gasteiger partial charge < -0.3 is 10.3 Å². The lowest BCUT2D eigenvalue weighted by molar-refractivity contribution is 0.355. The van der Waals surface area contributed by atoms with Gasteiger partial charge in [0.2, 0.25) is 0 Å². The van der Waals surface area contributed by atoms with Crippen LogP contribution in [0.2, 0.25) is 0 Å². The first-order valence-corrected chi connectivity index (χ1v) is 7.53. The number of hydrogen-bond donors (Lipinski definition) is 1. The van der Waals surface area contributed by atoms with Gasteiger partial charge in [0.05, 0.1) is 5.69 Å². The number of aryl methyl sites for hydroxylation is 1. The maximum Gasteiger partial charge on any atom is 0.126 e. The molecule has 0 aliphatic heterocycles. The quantitative estimate of drug-likeness (QED) is 0.864. The topological polar surface area (TPSA) is 43.8 Å². The zero-order chi connectivity index (χ0) is 13.0. The highest BCUT2D eigenvalue weighted by atomic mass is 15.1. The lowest BCUT2D eigenvalue weighted by Crippen LogP contribution is -2.11.